The maximum Gasteiger partial charge on any atom is 0.127 e. The third kappa shape index (κ3) is 3.33. The molecule has 0 aliphatic carbocycles. The summed E-state index contributed by atoms with van der Waals surface area (Å²) < 4.78 is 11.0. The van der Waals surface area contributed by atoms with Gasteiger partial charge in [-0.15, -0.1) is 0 Å². The minimum absolute atomic E-state index is 0.268. The van der Waals surface area contributed by atoms with E-state index in [1.807, 2.05) is 30.3 Å². The van der Waals surface area contributed by atoms with Gasteiger partial charge in [-0.25, -0.2) is 0 Å². The van der Waals surface area contributed by atoms with Crippen LogP contribution in [0.5, 0.6) is 17.2 Å². The molecule has 4 nitrogen and oxygen atoms in total. The molecule has 0 amide bonds. The monoisotopic (exact) mass is 363 g/mol. The largest absolute Gasteiger partial charge is 0.508 e. The Bertz CT molecular complexity index is 954. The molecule has 27 heavy (non-hydrogen) atoms. The molecule has 3 aromatic rings. The Hall–Kier alpha value is -2.72. The second-order valence-corrected chi connectivity index (χ2v) is 7.02. The molecule has 0 radical (unpaired) electrons. The number of hydrogen-bond acceptors (Lipinski definition) is 4. The highest BCUT2D eigenvalue weighted by Crippen LogP contribution is 2.40. The van der Waals surface area contributed by atoms with E-state index in [1.54, 1.807) is 20.3 Å². The van der Waals surface area contributed by atoms with Gasteiger partial charge in [0.2, 0.25) is 0 Å². The SMILES string of the molecule is COc1ccc([C@@H]2CCCN2Cc2c(O)ccc3ccccc23)c(OC)c1. The zero-order valence-corrected chi connectivity index (χ0v) is 15.8. The van der Waals surface area contributed by atoms with Crippen LogP contribution in [0.25, 0.3) is 10.8 Å². The molecule has 0 aromatic heterocycles. The van der Waals surface area contributed by atoms with Crippen molar-refractivity contribution in [3.63, 3.8) is 0 Å². The highest BCUT2D eigenvalue weighted by Gasteiger charge is 2.29. The Morgan fingerprint density at radius 3 is 2.70 bits per heavy atom. The minimum Gasteiger partial charge on any atom is -0.508 e. The first kappa shape index (κ1) is 17.7. The van der Waals surface area contributed by atoms with Crippen LogP contribution < -0.4 is 9.47 Å². The number of rotatable bonds is 5. The molecule has 1 N–H and O–H groups in total. The number of likely N-dealkylation sites (tertiary alicyclic amines) is 1. The molecule has 1 heterocycles. The molecule has 4 rings (SSSR count). The number of nitrogens with zero attached hydrogens (tertiary/aromatic N) is 1. The molecule has 0 spiro atoms. The molecule has 1 saturated heterocycles. The van der Waals surface area contributed by atoms with Gasteiger partial charge in [0.15, 0.2) is 0 Å². The zero-order chi connectivity index (χ0) is 18.8. The molecular weight excluding hydrogens is 338 g/mol. The summed E-state index contributed by atoms with van der Waals surface area (Å²) in [6.45, 7) is 1.72. The van der Waals surface area contributed by atoms with Gasteiger partial charge >= 0.3 is 0 Å². The van der Waals surface area contributed by atoms with Crippen molar-refractivity contribution in [2.45, 2.75) is 25.4 Å². The topological polar surface area (TPSA) is 41.9 Å². The summed E-state index contributed by atoms with van der Waals surface area (Å²) >= 11 is 0. The number of benzene rings is 3. The van der Waals surface area contributed by atoms with E-state index >= 15 is 0 Å². The van der Waals surface area contributed by atoms with Gasteiger partial charge in [0.25, 0.3) is 0 Å². The molecule has 0 unspecified atom stereocenters. The number of methoxy groups -OCH3 is 2. The standard InChI is InChI=1S/C23H25NO3/c1-26-17-10-11-19(23(14-17)27-2)21-8-5-13-24(21)15-20-18-7-4-3-6-16(18)9-12-22(20)25/h3-4,6-7,9-12,14,21,25H,5,8,13,15H2,1-2H3/t21-/m0/s1. The molecule has 3 aromatic carbocycles. The van der Waals surface area contributed by atoms with Crippen LogP contribution in [-0.2, 0) is 6.54 Å². The van der Waals surface area contributed by atoms with Crippen molar-refractivity contribution in [3.8, 4) is 17.2 Å². The van der Waals surface area contributed by atoms with Crippen LogP contribution in [0.15, 0.2) is 54.6 Å². The Balaban J connectivity index is 1.68. The Labute approximate surface area is 160 Å². The molecule has 1 aliphatic heterocycles. The average molecular weight is 363 g/mol. The van der Waals surface area contributed by atoms with Crippen molar-refractivity contribution < 1.29 is 14.6 Å². The number of hydrogen-bond donors (Lipinski definition) is 1. The van der Waals surface area contributed by atoms with Crippen molar-refractivity contribution >= 4 is 10.8 Å². The van der Waals surface area contributed by atoms with E-state index in [2.05, 4.69) is 23.1 Å². The number of phenolic OH excluding ortho intramolecular Hbond substituents is 1. The fourth-order valence-electron chi connectivity index (χ4n) is 4.16. The molecule has 0 bridgehead atoms. The van der Waals surface area contributed by atoms with Gasteiger partial charge in [0.1, 0.15) is 17.2 Å². The van der Waals surface area contributed by atoms with Crippen LogP contribution >= 0.6 is 0 Å². The molecular formula is C23H25NO3. The summed E-state index contributed by atoms with van der Waals surface area (Å²) in [5.74, 6) is 2.02. The smallest absolute Gasteiger partial charge is 0.127 e. The van der Waals surface area contributed by atoms with Crippen LogP contribution in [0.2, 0.25) is 0 Å². The van der Waals surface area contributed by atoms with Crippen LogP contribution in [0.3, 0.4) is 0 Å². The summed E-state index contributed by atoms with van der Waals surface area (Å²) in [5.41, 5.74) is 2.17. The van der Waals surface area contributed by atoms with Gasteiger partial charge < -0.3 is 14.6 Å². The van der Waals surface area contributed by atoms with E-state index < -0.39 is 0 Å². The summed E-state index contributed by atoms with van der Waals surface area (Å²) in [6, 6.07) is 18.3. The van der Waals surface area contributed by atoms with E-state index in [9.17, 15) is 5.11 Å². The van der Waals surface area contributed by atoms with Gasteiger partial charge in [-0.1, -0.05) is 36.4 Å². The summed E-state index contributed by atoms with van der Waals surface area (Å²) in [7, 11) is 3.37. The predicted octanol–water partition coefficient (Wildman–Crippen LogP) is 4.90. The van der Waals surface area contributed by atoms with Gasteiger partial charge in [-0.2, -0.15) is 0 Å². The highest BCUT2D eigenvalue weighted by atomic mass is 16.5. The molecule has 0 saturated carbocycles. The number of fused-ring (bicyclic) bond motifs is 1. The first-order valence-corrected chi connectivity index (χ1v) is 9.37. The third-order valence-electron chi connectivity index (χ3n) is 5.54. The van der Waals surface area contributed by atoms with E-state index in [0.717, 1.165) is 47.2 Å². The van der Waals surface area contributed by atoms with E-state index in [0.29, 0.717) is 12.3 Å². The number of ether oxygens (including phenoxy) is 2. The lowest BCUT2D eigenvalue weighted by Crippen LogP contribution is -2.23. The number of aromatic hydroxyl groups is 1. The second kappa shape index (κ2) is 7.49. The van der Waals surface area contributed by atoms with E-state index in [1.165, 1.54) is 5.56 Å². The molecule has 1 aliphatic rings. The molecule has 4 heteroatoms. The average Bonchev–Trinajstić information content (AvgIpc) is 3.17. The van der Waals surface area contributed by atoms with Crippen molar-refractivity contribution in [1.82, 2.24) is 4.90 Å². The van der Waals surface area contributed by atoms with Gasteiger partial charge in [0.05, 0.1) is 14.2 Å². The Morgan fingerprint density at radius 1 is 1.04 bits per heavy atom. The van der Waals surface area contributed by atoms with Crippen LogP contribution in [0, 0.1) is 0 Å². The molecule has 1 atom stereocenters. The lowest BCUT2D eigenvalue weighted by Gasteiger charge is -2.27. The lowest BCUT2D eigenvalue weighted by atomic mass is 10.0. The normalized spacial score (nSPS) is 17.3. The Kier molecular flexibility index (Phi) is 4.90. The fraction of sp³-hybridized carbons (Fsp3) is 0.304. The van der Waals surface area contributed by atoms with Crippen molar-refractivity contribution in [3.05, 3.63) is 65.7 Å². The van der Waals surface area contributed by atoms with Crippen molar-refractivity contribution in [2.75, 3.05) is 20.8 Å². The van der Waals surface area contributed by atoms with E-state index in [-0.39, 0.29) is 6.04 Å². The zero-order valence-electron chi connectivity index (χ0n) is 15.8. The predicted molar refractivity (Wildman–Crippen MR) is 108 cm³/mol. The third-order valence-corrected chi connectivity index (χ3v) is 5.54. The highest BCUT2D eigenvalue weighted by molar-refractivity contribution is 5.87. The van der Waals surface area contributed by atoms with Crippen molar-refractivity contribution in [2.24, 2.45) is 0 Å². The van der Waals surface area contributed by atoms with Crippen LogP contribution in [0.4, 0.5) is 0 Å². The van der Waals surface area contributed by atoms with E-state index in [4.69, 9.17) is 9.47 Å². The van der Waals surface area contributed by atoms with Crippen LogP contribution in [0.1, 0.15) is 30.0 Å². The quantitative estimate of drug-likeness (QED) is 0.700. The molecule has 1 fully saturated rings. The van der Waals surface area contributed by atoms with Crippen molar-refractivity contribution in [1.29, 1.82) is 0 Å². The van der Waals surface area contributed by atoms with Gasteiger partial charge in [-0.3, -0.25) is 4.90 Å². The maximum absolute atomic E-state index is 10.5. The summed E-state index contributed by atoms with van der Waals surface area (Å²) in [5, 5.41) is 12.8. The Morgan fingerprint density at radius 2 is 1.89 bits per heavy atom. The second-order valence-electron chi connectivity index (χ2n) is 7.02. The van der Waals surface area contributed by atoms with Crippen LogP contribution in [-0.4, -0.2) is 30.8 Å². The lowest BCUT2D eigenvalue weighted by molar-refractivity contribution is 0.240. The summed E-state index contributed by atoms with van der Waals surface area (Å²) in [4.78, 5) is 2.44. The van der Waals surface area contributed by atoms with Gasteiger partial charge in [0, 0.05) is 29.8 Å². The fourth-order valence-corrected chi connectivity index (χ4v) is 4.16. The first-order valence-electron chi connectivity index (χ1n) is 9.37. The van der Waals surface area contributed by atoms with Gasteiger partial charge in [-0.05, 0) is 42.3 Å². The molecule has 140 valence electrons. The first-order chi connectivity index (χ1) is 13.2. The number of phenols is 1. The summed E-state index contributed by atoms with van der Waals surface area (Å²) in [6.07, 6.45) is 2.21. The minimum atomic E-state index is 0.268. The maximum atomic E-state index is 10.5.